The van der Waals surface area contributed by atoms with Gasteiger partial charge in [-0.05, 0) is 24.8 Å². The SMILES string of the molecule is FC(F)(F)c1cccc(OCC2CCN(c3ncc(Cl)cn3)CC2)n1. The Balaban J connectivity index is 1.50. The largest absolute Gasteiger partial charge is 0.477 e. The molecule has 9 heteroatoms. The van der Waals surface area contributed by atoms with Crippen LogP contribution in [0.25, 0.3) is 0 Å². The van der Waals surface area contributed by atoms with Crippen molar-refractivity contribution in [2.45, 2.75) is 19.0 Å². The van der Waals surface area contributed by atoms with Crippen LogP contribution in [0, 0.1) is 5.92 Å². The van der Waals surface area contributed by atoms with Crippen molar-refractivity contribution in [3.8, 4) is 5.88 Å². The molecule has 0 unspecified atom stereocenters. The molecule has 2 aromatic heterocycles. The Morgan fingerprint density at radius 2 is 1.84 bits per heavy atom. The van der Waals surface area contributed by atoms with Gasteiger partial charge in [-0.1, -0.05) is 17.7 Å². The Labute approximate surface area is 147 Å². The lowest BCUT2D eigenvalue weighted by Gasteiger charge is -2.31. The Kier molecular flexibility index (Phi) is 5.27. The first-order valence-electron chi connectivity index (χ1n) is 7.81. The fraction of sp³-hybridized carbons (Fsp3) is 0.438. The molecule has 3 heterocycles. The summed E-state index contributed by atoms with van der Waals surface area (Å²) in [5.74, 6) is 0.876. The van der Waals surface area contributed by atoms with Gasteiger partial charge in [-0.2, -0.15) is 13.2 Å². The summed E-state index contributed by atoms with van der Waals surface area (Å²) in [7, 11) is 0. The van der Waals surface area contributed by atoms with Gasteiger partial charge in [-0.25, -0.2) is 15.0 Å². The van der Waals surface area contributed by atoms with Gasteiger partial charge in [-0.3, -0.25) is 0 Å². The number of rotatable bonds is 4. The van der Waals surface area contributed by atoms with Crippen LogP contribution in [0.5, 0.6) is 5.88 Å². The Morgan fingerprint density at radius 1 is 1.16 bits per heavy atom. The zero-order valence-electron chi connectivity index (χ0n) is 13.2. The highest BCUT2D eigenvalue weighted by atomic mass is 35.5. The highest BCUT2D eigenvalue weighted by Gasteiger charge is 2.32. The summed E-state index contributed by atoms with van der Waals surface area (Å²) in [5, 5.41) is 0.487. The number of alkyl halides is 3. The summed E-state index contributed by atoms with van der Waals surface area (Å²) in [6.45, 7) is 1.85. The minimum atomic E-state index is -4.47. The van der Waals surface area contributed by atoms with Crippen LogP contribution in [0.4, 0.5) is 19.1 Å². The maximum Gasteiger partial charge on any atom is 0.433 e. The number of pyridine rings is 1. The van der Waals surface area contributed by atoms with Crippen LogP contribution in [-0.4, -0.2) is 34.6 Å². The molecule has 0 aromatic carbocycles. The van der Waals surface area contributed by atoms with E-state index < -0.39 is 11.9 Å². The molecule has 2 aromatic rings. The number of hydrogen-bond donors (Lipinski definition) is 0. The summed E-state index contributed by atoms with van der Waals surface area (Å²) >= 11 is 5.78. The Morgan fingerprint density at radius 3 is 2.48 bits per heavy atom. The third-order valence-corrected chi connectivity index (χ3v) is 4.18. The van der Waals surface area contributed by atoms with Gasteiger partial charge in [0.1, 0.15) is 5.69 Å². The molecule has 0 saturated carbocycles. The molecule has 1 fully saturated rings. The highest BCUT2D eigenvalue weighted by Crippen LogP contribution is 2.29. The molecule has 0 N–H and O–H groups in total. The van der Waals surface area contributed by atoms with Crippen LogP contribution in [0.2, 0.25) is 5.02 Å². The third-order valence-electron chi connectivity index (χ3n) is 3.98. The van der Waals surface area contributed by atoms with E-state index in [1.807, 2.05) is 0 Å². The van der Waals surface area contributed by atoms with Crippen molar-refractivity contribution in [2.75, 3.05) is 24.6 Å². The fourth-order valence-electron chi connectivity index (χ4n) is 2.62. The van der Waals surface area contributed by atoms with E-state index in [0.29, 0.717) is 17.6 Å². The van der Waals surface area contributed by atoms with Gasteiger partial charge in [-0.15, -0.1) is 0 Å². The van der Waals surface area contributed by atoms with Gasteiger partial charge in [0.2, 0.25) is 11.8 Å². The maximum atomic E-state index is 12.6. The number of anilines is 1. The number of hydrogen-bond acceptors (Lipinski definition) is 5. The van der Waals surface area contributed by atoms with Crippen LogP contribution < -0.4 is 9.64 Å². The summed E-state index contributed by atoms with van der Waals surface area (Å²) in [4.78, 5) is 13.9. The van der Waals surface area contributed by atoms with E-state index in [1.165, 1.54) is 12.1 Å². The van der Waals surface area contributed by atoms with Crippen LogP contribution in [0.15, 0.2) is 30.6 Å². The molecule has 3 rings (SSSR count). The second kappa shape index (κ2) is 7.43. The predicted molar refractivity (Wildman–Crippen MR) is 86.7 cm³/mol. The quantitative estimate of drug-likeness (QED) is 0.816. The lowest BCUT2D eigenvalue weighted by Crippen LogP contribution is -2.36. The highest BCUT2D eigenvalue weighted by molar-refractivity contribution is 6.30. The van der Waals surface area contributed by atoms with Crippen molar-refractivity contribution in [1.82, 2.24) is 15.0 Å². The first-order valence-corrected chi connectivity index (χ1v) is 8.19. The van der Waals surface area contributed by atoms with Crippen molar-refractivity contribution in [3.63, 3.8) is 0 Å². The third kappa shape index (κ3) is 4.72. The van der Waals surface area contributed by atoms with Gasteiger partial charge in [0.05, 0.1) is 24.0 Å². The molecule has 1 aliphatic rings. The van der Waals surface area contributed by atoms with Crippen LogP contribution >= 0.6 is 11.6 Å². The smallest absolute Gasteiger partial charge is 0.433 e. The number of piperidine rings is 1. The minimum absolute atomic E-state index is 0.00158. The Hall–Kier alpha value is -2.09. The van der Waals surface area contributed by atoms with E-state index in [1.54, 1.807) is 12.4 Å². The van der Waals surface area contributed by atoms with E-state index in [2.05, 4.69) is 19.9 Å². The second-order valence-corrected chi connectivity index (χ2v) is 6.24. The van der Waals surface area contributed by atoms with Crippen molar-refractivity contribution in [1.29, 1.82) is 0 Å². The normalized spacial score (nSPS) is 16.1. The molecule has 0 radical (unpaired) electrons. The topological polar surface area (TPSA) is 51.1 Å². The zero-order valence-corrected chi connectivity index (χ0v) is 14.0. The number of aromatic nitrogens is 3. The molecule has 134 valence electrons. The van der Waals surface area contributed by atoms with E-state index >= 15 is 0 Å². The first kappa shape index (κ1) is 17.7. The monoisotopic (exact) mass is 372 g/mol. The summed E-state index contributed by atoms with van der Waals surface area (Å²) in [6.07, 6.45) is 0.315. The Bertz CT molecular complexity index is 703. The van der Waals surface area contributed by atoms with Crippen molar-refractivity contribution in [2.24, 2.45) is 5.92 Å². The number of nitrogens with zero attached hydrogens (tertiary/aromatic N) is 4. The zero-order chi connectivity index (χ0) is 17.9. The molecule has 25 heavy (non-hydrogen) atoms. The lowest BCUT2D eigenvalue weighted by atomic mass is 9.98. The van der Waals surface area contributed by atoms with Gasteiger partial charge in [0.25, 0.3) is 0 Å². The van der Waals surface area contributed by atoms with Gasteiger partial charge in [0.15, 0.2) is 0 Å². The van der Waals surface area contributed by atoms with E-state index in [-0.39, 0.29) is 11.8 Å². The van der Waals surface area contributed by atoms with Gasteiger partial charge < -0.3 is 9.64 Å². The average Bonchev–Trinajstić information content (AvgIpc) is 2.61. The maximum absolute atomic E-state index is 12.6. The second-order valence-electron chi connectivity index (χ2n) is 5.80. The van der Waals surface area contributed by atoms with E-state index in [4.69, 9.17) is 16.3 Å². The van der Waals surface area contributed by atoms with Crippen LogP contribution in [-0.2, 0) is 6.18 Å². The first-order chi connectivity index (χ1) is 11.9. The van der Waals surface area contributed by atoms with Crippen LogP contribution in [0.3, 0.4) is 0 Å². The number of halogens is 4. The molecule has 1 aliphatic heterocycles. The molecule has 0 amide bonds. The molecule has 0 spiro atoms. The number of ether oxygens (including phenoxy) is 1. The standard InChI is InChI=1S/C16H16ClF3N4O/c17-12-8-21-15(22-9-12)24-6-4-11(5-7-24)10-25-14-3-1-2-13(23-14)16(18,19)20/h1-3,8-9,11H,4-7,10H2. The van der Waals surface area contributed by atoms with Crippen LogP contribution in [0.1, 0.15) is 18.5 Å². The van der Waals surface area contributed by atoms with Crippen molar-refractivity contribution in [3.05, 3.63) is 41.3 Å². The molecule has 5 nitrogen and oxygen atoms in total. The van der Waals surface area contributed by atoms with Crippen molar-refractivity contribution < 1.29 is 17.9 Å². The molecule has 1 saturated heterocycles. The summed E-state index contributed by atoms with van der Waals surface area (Å²) in [6, 6.07) is 3.66. The predicted octanol–water partition coefficient (Wildman–Crippen LogP) is 3.84. The van der Waals surface area contributed by atoms with E-state index in [9.17, 15) is 13.2 Å². The van der Waals surface area contributed by atoms with Crippen molar-refractivity contribution >= 4 is 17.5 Å². The minimum Gasteiger partial charge on any atom is -0.477 e. The fourth-order valence-corrected chi connectivity index (χ4v) is 2.72. The van der Waals surface area contributed by atoms with Gasteiger partial charge >= 0.3 is 6.18 Å². The van der Waals surface area contributed by atoms with Gasteiger partial charge in [0, 0.05) is 19.2 Å². The molecule has 0 aliphatic carbocycles. The molecular formula is C16H16ClF3N4O. The molecule has 0 atom stereocenters. The molecule has 0 bridgehead atoms. The van der Waals surface area contributed by atoms with E-state index in [0.717, 1.165) is 32.0 Å². The average molecular weight is 373 g/mol. The molecular weight excluding hydrogens is 357 g/mol. The lowest BCUT2D eigenvalue weighted by molar-refractivity contribution is -0.141. The summed E-state index contributed by atoms with van der Waals surface area (Å²) < 4.78 is 43.4. The summed E-state index contributed by atoms with van der Waals surface area (Å²) in [5.41, 5.74) is -0.945.